The largest absolute Gasteiger partial charge is 0.371 e. The predicted molar refractivity (Wildman–Crippen MR) is 81.2 cm³/mol. The first-order chi connectivity index (χ1) is 8.69. The summed E-state index contributed by atoms with van der Waals surface area (Å²) in [5.41, 5.74) is 2.80. The Morgan fingerprint density at radius 1 is 1.17 bits per heavy atom. The van der Waals surface area contributed by atoms with E-state index in [4.69, 9.17) is 0 Å². The molecule has 0 aliphatic carbocycles. The Kier molecular flexibility index (Phi) is 6.81. The second kappa shape index (κ2) is 8.15. The van der Waals surface area contributed by atoms with Crippen LogP contribution in [0.15, 0.2) is 24.3 Å². The molecule has 1 aromatic rings. The molecule has 0 unspecified atom stereocenters. The number of anilines is 1. The monoisotopic (exact) mass is 248 g/mol. The van der Waals surface area contributed by atoms with Crippen LogP contribution >= 0.6 is 0 Å². The highest BCUT2D eigenvalue weighted by molar-refractivity contribution is 5.53. The van der Waals surface area contributed by atoms with Crippen LogP contribution in [0, 0.1) is 5.92 Å². The van der Waals surface area contributed by atoms with Gasteiger partial charge in [0.25, 0.3) is 0 Å². The van der Waals surface area contributed by atoms with Gasteiger partial charge in [-0.3, -0.25) is 0 Å². The molecule has 102 valence electrons. The smallest absolute Gasteiger partial charge is 0.0411 e. The molecule has 0 saturated heterocycles. The molecule has 0 heterocycles. The summed E-state index contributed by atoms with van der Waals surface area (Å²) < 4.78 is 0. The van der Waals surface area contributed by atoms with Crippen molar-refractivity contribution in [2.24, 2.45) is 5.92 Å². The van der Waals surface area contributed by atoms with Crippen LogP contribution in [0.5, 0.6) is 0 Å². The summed E-state index contributed by atoms with van der Waals surface area (Å²) in [6.45, 7) is 13.3. The molecule has 1 N–H and O–H groups in total. The number of benzene rings is 1. The van der Waals surface area contributed by atoms with Gasteiger partial charge in [0.05, 0.1) is 0 Å². The van der Waals surface area contributed by atoms with E-state index in [1.165, 1.54) is 17.7 Å². The second-order valence-corrected chi connectivity index (χ2v) is 5.24. The summed E-state index contributed by atoms with van der Waals surface area (Å²) in [7, 11) is 0. The zero-order valence-corrected chi connectivity index (χ0v) is 12.4. The molecule has 2 nitrogen and oxygen atoms in total. The highest BCUT2D eigenvalue weighted by Gasteiger charge is 2.10. The Hall–Kier alpha value is -1.02. The van der Waals surface area contributed by atoms with E-state index >= 15 is 0 Å². The minimum Gasteiger partial charge on any atom is -0.371 e. The molecule has 0 fully saturated rings. The molecular formula is C16H28N2. The summed E-state index contributed by atoms with van der Waals surface area (Å²) in [5.74, 6) is 0.696. The summed E-state index contributed by atoms with van der Waals surface area (Å²) >= 11 is 0. The third-order valence-corrected chi connectivity index (χ3v) is 3.04. The van der Waals surface area contributed by atoms with Gasteiger partial charge in [0.1, 0.15) is 0 Å². The van der Waals surface area contributed by atoms with Crippen molar-refractivity contribution >= 4 is 5.69 Å². The lowest BCUT2D eigenvalue weighted by molar-refractivity contribution is 0.613. The van der Waals surface area contributed by atoms with Crippen molar-refractivity contribution in [1.29, 1.82) is 0 Å². The van der Waals surface area contributed by atoms with Crippen molar-refractivity contribution in [3.8, 4) is 0 Å². The van der Waals surface area contributed by atoms with Gasteiger partial charge >= 0.3 is 0 Å². The summed E-state index contributed by atoms with van der Waals surface area (Å²) in [4.78, 5) is 2.48. The van der Waals surface area contributed by atoms with E-state index in [-0.39, 0.29) is 0 Å². The average molecular weight is 248 g/mol. The van der Waals surface area contributed by atoms with E-state index < -0.39 is 0 Å². The highest BCUT2D eigenvalue weighted by atomic mass is 15.1. The standard InChI is InChI=1S/C16H28N2/c1-5-11-17-12-15-9-7-8-10-16(15)18(6-2)13-14(3)4/h7-10,14,17H,5-6,11-13H2,1-4H3. The molecule has 0 bridgehead atoms. The molecule has 0 aliphatic heterocycles. The number of nitrogens with one attached hydrogen (secondary N) is 1. The first kappa shape index (κ1) is 15.0. The molecule has 1 aromatic carbocycles. The molecular weight excluding hydrogens is 220 g/mol. The molecule has 2 heteroatoms. The molecule has 0 aliphatic rings. The minimum absolute atomic E-state index is 0.696. The maximum absolute atomic E-state index is 3.50. The van der Waals surface area contributed by atoms with Crippen LogP contribution in [0.1, 0.15) is 39.7 Å². The normalized spacial score (nSPS) is 10.9. The van der Waals surface area contributed by atoms with Gasteiger partial charge in [-0.2, -0.15) is 0 Å². The SMILES string of the molecule is CCCNCc1ccccc1N(CC)CC(C)C. The molecule has 1 rings (SSSR count). The van der Waals surface area contributed by atoms with Crippen LogP contribution in [0.3, 0.4) is 0 Å². The first-order valence-electron chi connectivity index (χ1n) is 7.22. The molecule has 18 heavy (non-hydrogen) atoms. The van der Waals surface area contributed by atoms with E-state index in [2.05, 4.69) is 62.2 Å². The lowest BCUT2D eigenvalue weighted by atomic mass is 10.1. The van der Waals surface area contributed by atoms with Crippen LogP contribution in [0.25, 0.3) is 0 Å². The molecule has 0 aromatic heterocycles. The first-order valence-corrected chi connectivity index (χ1v) is 7.22. The topological polar surface area (TPSA) is 15.3 Å². The van der Waals surface area contributed by atoms with Gasteiger partial charge in [-0.05, 0) is 37.4 Å². The Balaban J connectivity index is 2.78. The van der Waals surface area contributed by atoms with E-state index in [1.54, 1.807) is 0 Å². The Bertz CT molecular complexity index is 334. The third kappa shape index (κ3) is 4.69. The number of nitrogens with zero attached hydrogens (tertiary/aromatic N) is 1. The number of hydrogen-bond donors (Lipinski definition) is 1. The average Bonchev–Trinajstić information content (AvgIpc) is 2.37. The van der Waals surface area contributed by atoms with Crippen molar-refractivity contribution in [2.45, 2.75) is 40.7 Å². The lowest BCUT2D eigenvalue weighted by Crippen LogP contribution is -2.29. The second-order valence-electron chi connectivity index (χ2n) is 5.24. The molecule has 0 saturated carbocycles. The zero-order chi connectivity index (χ0) is 13.4. The summed E-state index contributed by atoms with van der Waals surface area (Å²) in [6, 6.07) is 8.76. The van der Waals surface area contributed by atoms with E-state index in [0.717, 1.165) is 26.2 Å². The van der Waals surface area contributed by atoms with Crippen molar-refractivity contribution in [3.63, 3.8) is 0 Å². The molecule has 0 amide bonds. The zero-order valence-electron chi connectivity index (χ0n) is 12.4. The third-order valence-electron chi connectivity index (χ3n) is 3.04. The van der Waals surface area contributed by atoms with Gasteiger partial charge < -0.3 is 10.2 Å². The maximum Gasteiger partial charge on any atom is 0.0411 e. The number of para-hydroxylation sites is 1. The maximum atomic E-state index is 3.50. The van der Waals surface area contributed by atoms with Crippen molar-refractivity contribution in [1.82, 2.24) is 5.32 Å². The van der Waals surface area contributed by atoms with Gasteiger partial charge in [0.2, 0.25) is 0 Å². The Morgan fingerprint density at radius 2 is 1.89 bits per heavy atom. The Labute approximate surface area is 112 Å². The summed E-state index contributed by atoms with van der Waals surface area (Å²) in [6.07, 6.45) is 1.19. The van der Waals surface area contributed by atoms with Crippen molar-refractivity contribution in [2.75, 3.05) is 24.5 Å². The fourth-order valence-electron chi connectivity index (χ4n) is 2.21. The molecule has 0 atom stereocenters. The van der Waals surface area contributed by atoms with Gasteiger partial charge in [0, 0.05) is 25.3 Å². The van der Waals surface area contributed by atoms with Crippen LogP contribution in [-0.4, -0.2) is 19.6 Å². The predicted octanol–water partition coefficient (Wildman–Crippen LogP) is 3.67. The van der Waals surface area contributed by atoms with Crippen LogP contribution in [-0.2, 0) is 6.54 Å². The molecule has 0 radical (unpaired) electrons. The van der Waals surface area contributed by atoms with Gasteiger partial charge in [-0.25, -0.2) is 0 Å². The number of rotatable bonds is 8. The van der Waals surface area contributed by atoms with Crippen molar-refractivity contribution in [3.05, 3.63) is 29.8 Å². The van der Waals surface area contributed by atoms with E-state index in [0.29, 0.717) is 5.92 Å². The Morgan fingerprint density at radius 3 is 2.50 bits per heavy atom. The minimum atomic E-state index is 0.696. The van der Waals surface area contributed by atoms with E-state index in [1.807, 2.05) is 0 Å². The van der Waals surface area contributed by atoms with Gasteiger partial charge in [0.15, 0.2) is 0 Å². The quantitative estimate of drug-likeness (QED) is 0.706. The van der Waals surface area contributed by atoms with Gasteiger partial charge in [-0.15, -0.1) is 0 Å². The van der Waals surface area contributed by atoms with Gasteiger partial charge in [-0.1, -0.05) is 39.0 Å². The highest BCUT2D eigenvalue weighted by Crippen LogP contribution is 2.21. The van der Waals surface area contributed by atoms with Crippen LogP contribution in [0.4, 0.5) is 5.69 Å². The van der Waals surface area contributed by atoms with Crippen LogP contribution < -0.4 is 10.2 Å². The summed E-state index contributed by atoms with van der Waals surface area (Å²) in [5, 5.41) is 3.50. The fraction of sp³-hybridized carbons (Fsp3) is 0.625. The van der Waals surface area contributed by atoms with Crippen LogP contribution in [0.2, 0.25) is 0 Å². The molecule has 0 spiro atoms. The lowest BCUT2D eigenvalue weighted by Gasteiger charge is -2.27. The van der Waals surface area contributed by atoms with E-state index in [9.17, 15) is 0 Å². The van der Waals surface area contributed by atoms with Crippen molar-refractivity contribution < 1.29 is 0 Å². The number of hydrogen-bond acceptors (Lipinski definition) is 2. The fourth-order valence-corrected chi connectivity index (χ4v) is 2.21.